The Morgan fingerprint density at radius 1 is 1.03 bits per heavy atom. The van der Waals surface area contributed by atoms with Crippen LogP contribution in [0.2, 0.25) is 5.02 Å². The van der Waals surface area contributed by atoms with Gasteiger partial charge in [0.15, 0.2) is 0 Å². The van der Waals surface area contributed by atoms with Crippen molar-refractivity contribution in [3.63, 3.8) is 0 Å². The Labute approximate surface area is 188 Å². The van der Waals surface area contributed by atoms with E-state index in [0.29, 0.717) is 22.8 Å². The zero-order valence-corrected chi connectivity index (χ0v) is 18.0. The first-order valence-electron chi connectivity index (χ1n) is 9.61. The van der Waals surface area contributed by atoms with Crippen LogP contribution >= 0.6 is 11.6 Å². The van der Waals surface area contributed by atoms with E-state index in [4.69, 9.17) is 20.9 Å². The molecule has 0 aliphatic heterocycles. The van der Waals surface area contributed by atoms with Gasteiger partial charge < -0.3 is 14.0 Å². The Morgan fingerprint density at radius 3 is 2.53 bits per heavy atom. The molecule has 4 aromatic rings. The third kappa shape index (κ3) is 4.26. The summed E-state index contributed by atoms with van der Waals surface area (Å²) in [5.41, 5.74) is 3.60. The van der Waals surface area contributed by atoms with Gasteiger partial charge in [0.2, 0.25) is 5.82 Å². The molecule has 1 heterocycles. The molecule has 1 aromatic heterocycles. The van der Waals surface area contributed by atoms with Crippen LogP contribution in [-0.2, 0) is 16.1 Å². The Hall–Kier alpha value is -3.55. The molecule has 0 atom stereocenters. The van der Waals surface area contributed by atoms with Gasteiger partial charge in [-0.2, -0.15) is 4.98 Å². The maximum atomic E-state index is 14.3. The van der Waals surface area contributed by atoms with Crippen LogP contribution in [0, 0.1) is 5.82 Å². The molecule has 0 spiro atoms. The number of aromatic nitrogens is 2. The highest BCUT2D eigenvalue weighted by Gasteiger charge is 2.17. The van der Waals surface area contributed by atoms with Crippen molar-refractivity contribution in [1.82, 2.24) is 10.1 Å². The number of nitrogens with zero attached hydrogens (tertiary/aromatic N) is 2. The molecule has 0 aliphatic rings. The van der Waals surface area contributed by atoms with Crippen LogP contribution in [0.1, 0.15) is 15.9 Å². The van der Waals surface area contributed by atoms with Crippen molar-refractivity contribution >= 4 is 17.6 Å². The zero-order chi connectivity index (χ0) is 22.7. The second-order valence-corrected chi connectivity index (χ2v) is 7.30. The first kappa shape index (κ1) is 21.7. The molecule has 3 aromatic carbocycles. The van der Waals surface area contributed by atoms with E-state index >= 15 is 0 Å². The standard InChI is InChI=1S/C24H18ClFN2O4/c1-30-13-16-11-15(8-9-17(16)18-5-3-4-6-20(18)25)23-27-22(28-32-23)14-7-10-19(21(26)12-14)24(29)31-2/h3-12H,13H2,1-2H3. The van der Waals surface area contributed by atoms with Crippen molar-refractivity contribution in [3.8, 4) is 34.0 Å². The number of carbonyl (C=O) groups is 1. The second kappa shape index (κ2) is 9.30. The van der Waals surface area contributed by atoms with Crippen LogP contribution in [-0.4, -0.2) is 30.3 Å². The predicted molar refractivity (Wildman–Crippen MR) is 118 cm³/mol. The summed E-state index contributed by atoms with van der Waals surface area (Å²) in [6, 6.07) is 17.2. The molecule has 0 aliphatic carbocycles. The number of rotatable bonds is 6. The lowest BCUT2D eigenvalue weighted by Crippen LogP contribution is -2.04. The molecule has 4 rings (SSSR count). The van der Waals surface area contributed by atoms with E-state index in [1.165, 1.54) is 19.2 Å². The molecule has 162 valence electrons. The van der Waals surface area contributed by atoms with Gasteiger partial charge in [0.05, 0.1) is 19.3 Å². The van der Waals surface area contributed by atoms with Gasteiger partial charge >= 0.3 is 5.97 Å². The highest BCUT2D eigenvalue weighted by Crippen LogP contribution is 2.33. The lowest BCUT2D eigenvalue weighted by atomic mass is 9.97. The summed E-state index contributed by atoms with van der Waals surface area (Å²) >= 11 is 6.37. The molecule has 32 heavy (non-hydrogen) atoms. The van der Waals surface area contributed by atoms with Crippen molar-refractivity contribution in [3.05, 3.63) is 82.6 Å². The fourth-order valence-corrected chi connectivity index (χ4v) is 3.57. The molecule has 0 fully saturated rings. The van der Waals surface area contributed by atoms with Crippen LogP contribution in [0.4, 0.5) is 4.39 Å². The third-order valence-corrected chi connectivity index (χ3v) is 5.20. The summed E-state index contributed by atoms with van der Waals surface area (Å²) in [5, 5.41) is 4.58. The van der Waals surface area contributed by atoms with Crippen LogP contribution in [0.5, 0.6) is 0 Å². The van der Waals surface area contributed by atoms with Gasteiger partial charge in [0.25, 0.3) is 5.89 Å². The van der Waals surface area contributed by atoms with Gasteiger partial charge in [-0.3, -0.25) is 0 Å². The summed E-state index contributed by atoms with van der Waals surface area (Å²) in [6.45, 7) is 0.357. The number of halogens is 2. The van der Waals surface area contributed by atoms with E-state index in [9.17, 15) is 9.18 Å². The second-order valence-electron chi connectivity index (χ2n) is 6.89. The molecule has 0 N–H and O–H groups in total. The summed E-state index contributed by atoms with van der Waals surface area (Å²) in [7, 11) is 2.80. The summed E-state index contributed by atoms with van der Waals surface area (Å²) in [5.74, 6) is -1.03. The average molecular weight is 453 g/mol. The minimum absolute atomic E-state index is 0.167. The molecule has 0 amide bonds. The van der Waals surface area contributed by atoms with E-state index < -0.39 is 11.8 Å². The van der Waals surface area contributed by atoms with E-state index in [-0.39, 0.29) is 17.3 Å². The first-order chi connectivity index (χ1) is 15.5. The molecule has 8 heteroatoms. The zero-order valence-electron chi connectivity index (χ0n) is 17.3. The van der Waals surface area contributed by atoms with Crippen molar-refractivity contribution in [1.29, 1.82) is 0 Å². The van der Waals surface area contributed by atoms with Crippen LogP contribution in [0.3, 0.4) is 0 Å². The molecule has 0 saturated carbocycles. The summed E-state index contributed by atoms with van der Waals surface area (Å²) in [6.07, 6.45) is 0. The van der Waals surface area contributed by atoms with Crippen LogP contribution < -0.4 is 0 Å². The molecule has 0 saturated heterocycles. The third-order valence-electron chi connectivity index (χ3n) is 4.87. The molecule has 0 unspecified atom stereocenters. The largest absolute Gasteiger partial charge is 0.465 e. The molecule has 0 bridgehead atoms. The minimum atomic E-state index is -0.757. The fraction of sp³-hybridized carbons (Fsp3) is 0.125. The van der Waals surface area contributed by atoms with Crippen LogP contribution in [0.25, 0.3) is 34.0 Å². The topological polar surface area (TPSA) is 74.5 Å². The van der Waals surface area contributed by atoms with Gasteiger partial charge in [-0.25, -0.2) is 9.18 Å². The van der Waals surface area contributed by atoms with Gasteiger partial charge in [-0.05, 0) is 47.5 Å². The highest BCUT2D eigenvalue weighted by molar-refractivity contribution is 6.33. The van der Waals surface area contributed by atoms with Gasteiger partial charge in [-0.1, -0.05) is 41.0 Å². The average Bonchev–Trinajstić information content (AvgIpc) is 3.30. The van der Waals surface area contributed by atoms with Crippen molar-refractivity contribution in [2.45, 2.75) is 6.61 Å². The highest BCUT2D eigenvalue weighted by atomic mass is 35.5. The van der Waals surface area contributed by atoms with E-state index in [2.05, 4.69) is 14.9 Å². The van der Waals surface area contributed by atoms with Crippen molar-refractivity contribution in [2.75, 3.05) is 14.2 Å². The Kier molecular flexibility index (Phi) is 6.30. The lowest BCUT2D eigenvalue weighted by molar-refractivity contribution is 0.0595. The maximum Gasteiger partial charge on any atom is 0.340 e. The van der Waals surface area contributed by atoms with E-state index in [1.54, 1.807) is 7.11 Å². The van der Waals surface area contributed by atoms with Crippen molar-refractivity contribution < 1.29 is 23.2 Å². The number of methoxy groups -OCH3 is 2. The van der Waals surface area contributed by atoms with Gasteiger partial charge in [0.1, 0.15) is 5.82 Å². The number of ether oxygens (including phenoxy) is 2. The quantitative estimate of drug-likeness (QED) is 0.344. The number of benzene rings is 3. The minimum Gasteiger partial charge on any atom is -0.465 e. The van der Waals surface area contributed by atoms with Crippen LogP contribution in [0.15, 0.2) is 65.2 Å². The number of hydrogen-bond acceptors (Lipinski definition) is 6. The molecular weight excluding hydrogens is 435 g/mol. The number of esters is 1. The fourth-order valence-electron chi connectivity index (χ4n) is 3.33. The summed E-state index contributed by atoms with van der Waals surface area (Å²) < 4.78 is 29.6. The Bertz CT molecular complexity index is 1290. The summed E-state index contributed by atoms with van der Waals surface area (Å²) in [4.78, 5) is 16.0. The maximum absolute atomic E-state index is 14.3. The van der Waals surface area contributed by atoms with Gasteiger partial charge in [-0.15, -0.1) is 0 Å². The smallest absolute Gasteiger partial charge is 0.340 e. The number of carbonyl (C=O) groups excluding carboxylic acids is 1. The number of hydrogen-bond donors (Lipinski definition) is 0. The van der Waals surface area contributed by atoms with Crippen molar-refractivity contribution in [2.24, 2.45) is 0 Å². The normalized spacial score (nSPS) is 10.9. The van der Waals surface area contributed by atoms with E-state index in [0.717, 1.165) is 22.8 Å². The Balaban J connectivity index is 1.69. The molecule has 0 radical (unpaired) electrons. The van der Waals surface area contributed by atoms with Gasteiger partial charge in [0, 0.05) is 28.8 Å². The molecule has 6 nitrogen and oxygen atoms in total. The first-order valence-corrected chi connectivity index (χ1v) is 9.98. The monoisotopic (exact) mass is 452 g/mol. The molecular formula is C24H18ClFN2O4. The lowest BCUT2D eigenvalue weighted by Gasteiger charge is -2.11. The SMILES string of the molecule is COCc1cc(-c2nc(-c3ccc(C(=O)OC)c(F)c3)no2)ccc1-c1ccccc1Cl. The predicted octanol–water partition coefficient (Wildman–Crippen LogP) is 5.80. The van der Waals surface area contributed by atoms with E-state index in [1.807, 2.05) is 42.5 Å². The Morgan fingerprint density at radius 2 is 1.81 bits per heavy atom.